The fourth-order valence-electron chi connectivity index (χ4n) is 4.72. The number of amides is 2. The van der Waals surface area contributed by atoms with E-state index in [1.807, 2.05) is 20.8 Å². The van der Waals surface area contributed by atoms with Gasteiger partial charge < -0.3 is 19.8 Å². The van der Waals surface area contributed by atoms with Crippen molar-refractivity contribution in [2.45, 2.75) is 50.7 Å². The summed E-state index contributed by atoms with van der Waals surface area (Å²) >= 11 is 0. The van der Waals surface area contributed by atoms with Crippen LogP contribution in [-0.4, -0.2) is 67.6 Å². The highest BCUT2D eigenvalue weighted by molar-refractivity contribution is 7.89. The molecule has 3 atom stereocenters. The number of hydrogen-bond acceptors (Lipinski definition) is 8. The number of benzene rings is 1. The van der Waals surface area contributed by atoms with Crippen molar-refractivity contribution in [2.24, 2.45) is 11.8 Å². The number of ketones is 1. The van der Waals surface area contributed by atoms with Gasteiger partial charge in [0.2, 0.25) is 5.91 Å². The molecule has 12 heteroatoms. The van der Waals surface area contributed by atoms with E-state index in [-0.39, 0.29) is 35.6 Å². The summed E-state index contributed by atoms with van der Waals surface area (Å²) in [7, 11) is -2.44. The number of nitrogens with one attached hydrogen (secondary N) is 2. The summed E-state index contributed by atoms with van der Waals surface area (Å²) in [5.74, 6) is -1.03. The fraction of sp³-hybridized carbons (Fsp3) is 0.429. The van der Waals surface area contributed by atoms with Gasteiger partial charge in [-0.15, -0.1) is 0 Å². The Morgan fingerprint density at radius 1 is 1.20 bits per heavy atom. The number of hydrogen-bond donors (Lipinski definition) is 2. The normalized spacial score (nSPS) is 19.3. The second kappa shape index (κ2) is 12.2. The molecule has 0 aliphatic carbocycles. The number of pyridine rings is 1. The fourth-order valence-corrected chi connectivity index (χ4v) is 6.18. The summed E-state index contributed by atoms with van der Waals surface area (Å²) in [6, 6.07) is 9.44. The van der Waals surface area contributed by atoms with E-state index in [4.69, 9.17) is 9.15 Å². The largest absolute Gasteiger partial charge is 0.497 e. The van der Waals surface area contributed by atoms with Gasteiger partial charge >= 0.3 is 0 Å². The SMILES string of the molecule is COc1ccc2oc(C(=O)NC(CC(C)C)C(=O)NC3CC(C)CN(S(=O)(=O)c4ccccn4)CC3=O)cc2c1. The molecule has 0 spiro atoms. The number of ether oxygens (including phenoxy) is 1. The lowest BCUT2D eigenvalue weighted by Gasteiger charge is -2.23. The minimum atomic E-state index is -3.98. The van der Waals surface area contributed by atoms with Crippen molar-refractivity contribution in [1.29, 1.82) is 0 Å². The predicted molar refractivity (Wildman–Crippen MR) is 147 cm³/mol. The molecule has 11 nitrogen and oxygen atoms in total. The molecule has 0 saturated carbocycles. The summed E-state index contributed by atoms with van der Waals surface area (Å²) in [5, 5.41) is 6.05. The van der Waals surface area contributed by atoms with Gasteiger partial charge in [-0.2, -0.15) is 4.31 Å². The maximum atomic E-state index is 13.4. The molecule has 214 valence electrons. The van der Waals surface area contributed by atoms with Crippen LogP contribution in [0.15, 0.2) is 58.1 Å². The molecule has 0 bridgehead atoms. The van der Waals surface area contributed by atoms with Gasteiger partial charge in [0.15, 0.2) is 16.6 Å². The van der Waals surface area contributed by atoms with Crippen LogP contribution in [0.2, 0.25) is 0 Å². The topological polar surface area (TPSA) is 148 Å². The Hall–Kier alpha value is -3.77. The molecule has 4 rings (SSSR count). The van der Waals surface area contributed by atoms with E-state index < -0.39 is 46.2 Å². The van der Waals surface area contributed by atoms with Crippen LogP contribution in [0.1, 0.15) is 44.2 Å². The van der Waals surface area contributed by atoms with Gasteiger partial charge in [-0.3, -0.25) is 14.4 Å². The standard InChI is InChI=1S/C28H34N4O7S/c1-17(2)11-22(31-28(35)25-14-19-13-20(38-4)8-9-24(19)39-25)27(34)30-21-12-18(3)15-32(16-23(21)33)40(36,37)26-7-5-6-10-29-26/h5-10,13-14,17-18,21-22H,11-12,15-16H2,1-4H3,(H,30,34)(H,31,35). The van der Waals surface area contributed by atoms with Crippen LogP contribution >= 0.6 is 0 Å². The molecular formula is C28H34N4O7S. The summed E-state index contributed by atoms with van der Waals surface area (Å²) in [6.45, 7) is 5.37. The highest BCUT2D eigenvalue weighted by Gasteiger charge is 2.37. The summed E-state index contributed by atoms with van der Waals surface area (Å²) in [5.41, 5.74) is 0.499. The van der Waals surface area contributed by atoms with Crippen molar-refractivity contribution < 1.29 is 32.0 Å². The molecule has 1 fully saturated rings. The average Bonchev–Trinajstić information content (AvgIpc) is 3.29. The number of fused-ring (bicyclic) bond motifs is 1. The van der Waals surface area contributed by atoms with E-state index in [9.17, 15) is 22.8 Å². The van der Waals surface area contributed by atoms with Crippen LogP contribution in [0, 0.1) is 11.8 Å². The zero-order valence-electron chi connectivity index (χ0n) is 22.9. The lowest BCUT2D eigenvalue weighted by Crippen LogP contribution is -2.52. The molecular weight excluding hydrogens is 536 g/mol. The molecule has 3 unspecified atom stereocenters. The zero-order chi connectivity index (χ0) is 29.0. The van der Waals surface area contributed by atoms with Crippen LogP contribution in [-0.2, 0) is 19.6 Å². The van der Waals surface area contributed by atoms with Crippen molar-refractivity contribution in [2.75, 3.05) is 20.2 Å². The summed E-state index contributed by atoms with van der Waals surface area (Å²) < 4.78 is 38.2. The highest BCUT2D eigenvalue weighted by atomic mass is 32.2. The minimum Gasteiger partial charge on any atom is -0.497 e. The summed E-state index contributed by atoms with van der Waals surface area (Å²) in [4.78, 5) is 43.5. The van der Waals surface area contributed by atoms with Crippen LogP contribution in [0.25, 0.3) is 11.0 Å². The number of sulfonamides is 1. The van der Waals surface area contributed by atoms with Crippen molar-refractivity contribution >= 4 is 38.6 Å². The van der Waals surface area contributed by atoms with E-state index in [0.29, 0.717) is 23.1 Å². The molecule has 40 heavy (non-hydrogen) atoms. The first kappa shape index (κ1) is 29.2. The first-order valence-corrected chi connectivity index (χ1v) is 14.5. The molecule has 3 heterocycles. The maximum Gasteiger partial charge on any atom is 0.287 e. The van der Waals surface area contributed by atoms with Crippen molar-refractivity contribution in [3.8, 4) is 5.75 Å². The molecule has 3 aromatic rings. The first-order valence-electron chi connectivity index (χ1n) is 13.1. The third kappa shape index (κ3) is 6.68. The number of carbonyl (C=O) groups is 3. The number of furan rings is 1. The zero-order valence-corrected chi connectivity index (χ0v) is 23.7. The van der Waals surface area contributed by atoms with Gasteiger partial charge in [0, 0.05) is 18.1 Å². The molecule has 2 amide bonds. The van der Waals surface area contributed by atoms with E-state index >= 15 is 0 Å². The molecule has 1 saturated heterocycles. The van der Waals surface area contributed by atoms with Gasteiger partial charge in [-0.05, 0) is 61.1 Å². The second-order valence-corrected chi connectivity index (χ2v) is 12.4. The van der Waals surface area contributed by atoms with Crippen molar-refractivity contribution in [3.05, 3.63) is 54.4 Å². The lowest BCUT2D eigenvalue weighted by atomic mass is 9.98. The average molecular weight is 571 g/mol. The number of Topliss-reactive ketones (excluding diaryl/α,β-unsaturated/α-hetero) is 1. The van der Waals surface area contributed by atoms with E-state index in [1.165, 1.54) is 12.3 Å². The Bertz CT molecular complexity index is 1490. The Kier molecular flexibility index (Phi) is 8.89. The van der Waals surface area contributed by atoms with E-state index in [0.717, 1.165) is 4.31 Å². The molecule has 2 N–H and O–H groups in total. The Morgan fingerprint density at radius 2 is 1.98 bits per heavy atom. The maximum absolute atomic E-state index is 13.4. The number of methoxy groups -OCH3 is 1. The Balaban J connectivity index is 1.47. The smallest absolute Gasteiger partial charge is 0.287 e. The molecule has 1 aliphatic heterocycles. The van der Waals surface area contributed by atoms with E-state index in [2.05, 4.69) is 15.6 Å². The highest BCUT2D eigenvalue weighted by Crippen LogP contribution is 2.25. The number of aromatic nitrogens is 1. The molecule has 1 aliphatic rings. The van der Waals surface area contributed by atoms with Gasteiger partial charge in [-0.1, -0.05) is 26.8 Å². The predicted octanol–water partition coefficient (Wildman–Crippen LogP) is 2.77. The van der Waals surface area contributed by atoms with Gasteiger partial charge in [0.05, 0.1) is 19.7 Å². The van der Waals surface area contributed by atoms with E-state index in [1.54, 1.807) is 43.5 Å². The molecule has 1 aromatic carbocycles. The van der Waals surface area contributed by atoms with Crippen LogP contribution in [0.3, 0.4) is 0 Å². The lowest BCUT2D eigenvalue weighted by molar-refractivity contribution is -0.129. The summed E-state index contributed by atoms with van der Waals surface area (Å²) in [6.07, 6.45) is 1.96. The monoisotopic (exact) mass is 570 g/mol. The first-order chi connectivity index (χ1) is 19.0. The third-order valence-corrected chi connectivity index (χ3v) is 8.44. The second-order valence-electron chi connectivity index (χ2n) is 10.5. The molecule has 2 aromatic heterocycles. The quantitative estimate of drug-likeness (QED) is 0.399. The number of carbonyl (C=O) groups excluding carboxylic acids is 3. The van der Waals surface area contributed by atoms with Crippen molar-refractivity contribution in [3.63, 3.8) is 0 Å². The van der Waals surface area contributed by atoms with Crippen LogP contribution < -0.4 is 15.4 Å². The number of nitrogens with zero attached hydrogens (tertiary/aromatic N) is 2. The molecule has 0 radical (unpaired) electrons. The van der Waals surface area contributed by atoms with Gasteiger partial charge in [-0.25, -0.2) is 13.4 Å². The van der Waals surface area contributed by atoms with Gasteiger partial charge in [0.25, 0.3) is 15.9 Å². The van der Waals surface area contributed by atoms with Gasteiger partial charge in [0.1, 0.15) is 17.4 Å². The van der Waals surface area contributed by atoms with Crippen LogP contribution in [0.5, 0.6) is 5.75 Å². The van der Waals surface area contributed by atoms with Crippen molar-refractivity contribution in [1.82, 2.24) is 19.9 Å². The Morgan fingerprint density at radius 3 is 2.65 bits per heavy atom. The minimum absolute atomic E-state index is 0.0411. The third-order valence-electron chi connectivity index (χ3n) is 6.71. The Labute approximate surface area is 233 Å². The number of rotatable bonds is 9. The van der Waals surface area contributed by atoms with Crippen LogP contribution in [0.4, 0.5) is 0 Å².